The Balaban J connectivity index is 1.35. The third-order valence-corrected chi connectivity index (χ3v) is 5.74. The number of anilines is 1. The Morgan fingerprint density at radius 3 is 2.59 bits per heavy atom. The maximum atomic E-state index is 12.5. The van der Waals surface area contributed by atoms with E-state index in [0.29, 0.717) is 11.3 Å². The van der Waals surface area contributed by atoms with Gasteiger partial charge in [0.15, 0.2) is 0 Å². The average molecular weight is 429 g/mol. The normalized spacial score (nSPS) is 14.4. The van der Waals surface area contributed by atoms with Crippen molar-refractivity contribution >= 4 is 23.6 Å². The van der Waals surface area contributed by atoms with E-state index in [1.54, 1.807) is 29.1 Å². The van der Waals surface area contributed by atoms with Crippen molar-refractivity contribution in [2.75, 3.05) is 5.32 Å². The van der Waals surface area contributed by atoms with Gasteiger partial charge in [-0.15, -0.1) is 0 Å². The second-order valence-electron chi connectivity index (χ2n) is 8.21. The van der Waals surface area contributed by atoms with Crippen molar-refractivity contribution in [3.05, 3.63) is 83.7 Å². The number of benzene rings is 2. The third kappa shape index (κ3) is 5.52. The minimum absolute atomic E-state index is 0.0480. The van der Waals surface area contributed by atoms with Crippen LogP contribution < -0.4 is 10.6 Å². The van der Waals surface area contributed by atoms with Crippen molar-refractivity contribution in [3.63, 3.8) is 0 Å². The summed E-state index contributed by atoms with van der Waals surface area (Å²) in [7, 11) is 0. The van der Waals surface area contributed by atoms with Crippen LogP contribution in [0.1, 0.15) is 53.6 Å². The quantitative estimate of drug-likeness (QED) is 0.549. The van der Waals surface area contributed by atoms with Crippen LogP contribution in [0.25, 0.3) is 11.8 Å². The summed E-state index contributed by atoms with van der Waals surface area (Å²) in [6.45, 7) is 1.89. The number of hydrogen-bond donors (Lipinski definition) is 2. The maximum Gasteiger partial charge on any atom is 0.251 e. The molecule has 0 aliphatic heterocycles. The lowest BCUT2D eigenvalue weighted by atomic mass is 9.95. The van der Waals surface area contributed by atoms with Crippen molar-refractivity contribution in [2.45, 2.75) is 45.1 Å². The second-order valence-corrected chi connectivity index (χ2v) is 8.21. The number of hydrogen-bond acceptors (Lipinski definition) is 3. The monoisotopic (exact) mass is 428 g/mol. The number of aryl methyl sites for hydroxylation is 1. The van der Waals surface area contributed by atoms with Gasteiger partial charge >= 0.3 is 0 Å². The van der Waals surface area contributed by atoms with Gasteiger partial charge in [-0.2, -0.15) is 5.10 Å². The van der Waals surface area contributed by atoms with Crippen LogP contribution in [0.3, 0.4) is 0 Å². The van der Waals surface area contributed by atoms with Crippen molar-refractivity contribution < 1.29 is 9.59 Å². The first kappa shape index (κ1) is 21.6. The highest BCUT2D eigenvalue weighted by atomic mass is 16.2. The average Bonchev–Trinajstić information content (AvgIpc) is 3.29. The van der Waals surface area contributed by atoms with Crippen LogP contribution in [-0.4, -0.2) is 27.6 Å². The van der Waals surface area contributed by atoms with Gasteiger partial charge in [0, 0.05) is 35.1 Å². The molecule has 2 N–H and O–H groups in total. The molecular formula is C26H28N4O2. The van der Waals surface area contributed by atoms with Crippen LogP contribution in [0.2, 0.25) is 0 Å². The standard InChI is InChI=1S/C26H28N4O2/c1-19-16-21(26(32)28-22-8-4-2-5-9-22)13-14-24(19)29-25(31)15-12-20-17-27-30(18-20)23-10-6-3-7-11-23/h3,6-7,10-18,22H,2,4-5,8-9H2,1H3,(H,28,32)(H,29,31)/b15-12+. The lowest BCUT2D eigenvalue weighted by Gasteiger charge is -2.23. The molecule has 6 heteroatoms. The summed E-state index contributed by atoms with van der Waals surface area (Å²) in [5.74, 6) is -0.284. The topological polar surface area (TPSA) is 76.0 Å². The number of aromatic nitrogens is 2. The van der Waals surface area contributed by atoms with E-state index in [4.69, 9.17) is 0 Å². The number of nitrogens with one attached hydrogen (secondary N) is 2. The fraction of sp³-hybridized carbons (Fsp3) is 0.269. The number of rotatable bonds is 6. The van der Waals surface area contributed by atoms with E-state index in [1.807, 2.05) is 49.5 Å². The van der Waals surface area contributed by atoms with Gasteiger partial charge in [0.2, 0.25) is 5.91 Å². The zero-order valence-corrected chi connectivity index (χ0v) is 18.3. The summed E-state index contributed by atoms with van der Waals surface area (Å²) >= 11 is 0. The fourth-order valence-corrected chi connectivity index (χ4v) is 3.95. The van der Waals surface area contributed by atoms with E-state index in [9.17, 15) is 9.59 Å². The van der Waals surface area contributed by atoms with Crippen LogP contribution >= 0.6 is 0 Å². The summed E-state index contributed by atoms with van der Waals surface area (Å²) in [6.07, 6.45) is 12.5. The molecule has 0 radical (unpaired) electrons. The molecule has 1 fully saturated rings. The van der Waals surface area contributed by atoms with E-state index < -0.39 is 0 Å². The van der Waals surface area contributed by atoms with E-state index >= 15 is 0 Å². The molecule has 6 nitrogen and oxygen atoms in total. The molecule has 0 unspecified atom stereocenters. The molecule has 2 amide bonds. The third-order valence-electron chi connectivity index (χ3n) is 5.74. The molecule has 3 aromatic rings. The predicted molar refractivity (Wildman–Crippen MR) is 127 cm³/mol. The molecule has 32 heavy (non-hydrogen) atoms. The zero-order valence-electron chi connectivity index (χ0n) is 18.3. The molecule has 0 saturated heterocycles. The Labute approximate surface area is 188 Å². The summed E-state index contributed by atoms with van der Waals surface area (Å²) in [4.78, 5) is 24.9. The number of nitrogens with zero attached hydrogens (tertiary/aromatic N) is 2. The molecular weight excluding hydrogens is 400 g/mol. The van der Waals surface area contributed by atoms with Crippen molar-refractivity contribution in [1.29, 1.82) is 0 Å². The number of para-hydroxylation sites is 1. The first-order valence-electron chi connectivity index (χ1n) is 11.1. The van der Waals surface area contributed by atoms with Gasteiger partial charge in [0.25, 0.3) is 5.91 Å². The molecule has 2 aromatic carbocycles. The van der Waals surface area contributed by atoms with Gasteiger partial charge in [-0.05, 0) is 61.7 Å². The van der Waals surface area contributed by atoms with Gasteiger partial charge in [-0.1, -0.05) is 37.5 Å². The van der Waals surface area contributed by atoms with Gasteiger partial charge < -0.3 is 10.6 Å². The molecule has 1 aromatic heterocycles. The highest BCUT2D eigenvalue weighted by Crippen LogP contribution is 2.20. The van der Waals surface area contributed by atoms with Crippen LogP contribution in [0.5, 0.6) is 0 Å². The van der Waals surface area contributed by atoms with Gasteiger partial charge in [-0.3, -0.25) is 9.59 Å². The SMILES string of the molecule is Cc1cc(C(=O)NC2CCCCC2)ccc1NC(=O)/C=C/c1cnn(-c2ccccc2)c1. The molecule has 1 aliphatic rings. The summed E-state index contributed by atoms with van der Waals surface area (Å²) in [6, 6.07) is 15.4. The van der Waals surface area contributed by atoms with E-state index in [-0.39, 0.29) is 17.9 Å². The summed E-state index contributed by atoms with van der Waals surface area (Å²) in [5, 5.41) is 10.3. The molecule has 0 atom stereocenters. The molecule has 1 aliphatic carbocycles. The Morgan fingerprint density at radius 1 is 1.06 bits per heavy atom. The molecule has 0 spiro atoms. The molecule has 4 rings (SSSR count). The summed E-state index contributed by atoms with van der Waals surface area (Å²) < 4.78 is 1.76. The Hall–Kier alpha value is -3.67. The fourth-order valence-electron chi connectivity index (χ4n) is 3.95. The number of amides is 2. The zero-order chi connectivity index (χ0) is 22.3. The maximum absolute atomic E-state index is 12.5. The van der Waals surface area contributed by atoms with Gasteiger partial charge in [-0.25, -0.2) is 4.68 Å². The Kier molecular flexibility index (Phi) is 6.80. The molecule has 0 bridgehead atoms. The Bertz CT molecular complexity index is 1110. The van der Waals surface area contributed by atoms with Crippen LogP contribution in [0.15, 0.2) is 67.0 Å². The van der Waals surface area contributed by atoms with Crippen LogP contribution in [-0.2, 0) is 4.79 Å². The summed E-state index contributed by atoms with van der Waals surface area (Å²) in [5.41, 5.74) is 3.94. The predicted octanol–water partition coefficient (Wildman–Crippen LogP) is 4.90. The Morgan fingerprint density at radius 2 is 1.84 bits per heavy atom. The number of carbonyl (C=O) groups excluding carboxylic acids is 2. The lowest BCUT2D eigenvalue weighted by molar-refractivity contribution is -0.111. The largest absolute Gasteiger partial charge is 0.349 e. The highest BCUT2D eigenvalue weighted by Gasteiger charge is 2.17. The van der Waals surface area contributed by atoms with E-state index in [1.165, 1.54) is 25.3 Å². The molecule has 1 heterocycles. The first-order valence-corrected chi connectivity index (χ1v) is 11.1. The first-order chi connectivity index (χ1) is 15.6. The second kappa shape index (κ2) is 10.1. The van der Waals surface area contributed by atoms with Crippen LogP contribution in [0.4, 0.5) is 5.69 Å². The van der Waals surface area contributed by atoms with Gasteiger partial charge in [0.1, 0.15) is 0 Å². The van der Waals surface area contributed by atoms with E-state index in [2.05, 4.69) is 15.7 Å². The van der Waals surface area contributed by atoms with Gasteiger partial charge in [0.05, 0.1) is 11.9 Å². The van der Waals surface area contributed by atoms with Crippen molar-refractivity contribution in [3.8, 4) is 5.69 Å². The van der Waals surface area contributed by atoms with E-state index in [0.717, 1.165) is 29.7 Å². The molecule has 1 saturated carbocycles. The van der Waals surface area contributed by atoms with Crippen LogP contribution in [0, 0.1) is 6.92 Å². The van der Waals surface area contributed by atoms with Crippen molar-refractivity contribution in [2.24, 2.45) is 0 Å². The molecule has 164 valence electrons. The minimum atomic E-state index is -0.236. The highest BCUT2D eigenvalue weighted by molar-refractivity contribution is 6.03. The smallest absolute Gasteiger partial charge is 0.251 e. The number of carbonyl (C=O) groups is 2. The van der Waals surface area contributed by atoms with Crippen molar-refractivity contribution in [1.82, 2.24) is 15.1 Å². The minimum Gasteiger partial charge on any atom is -0.349 e. The lowest BCUT2D eigenvalue weighted by Crippen LogP contribution is -2.36.